The zero-order chi connectivity index (χ0) is 18.4. The largest absolute Gasteiger partial charge is 0.325 e. The standard InChI is InChI=1S/C22H15Cl2N3/c23-15-10-11-16(17(24)12-15)21-13-19(14-6-2-1-3-7-14)26-22-25-18-8-4-5-9-20(18)27(21)22/h1-13,21H,(H,25,26)/t21-/m0/s1. The number of para-hydroxylation sites is 2. The highest BCUT2D eigenvalue weighted by Gasteiger charge is 2.26. The molecule has 132 valence electrons. The Kier molecular flexibility index (Phi) is 3.92. The van der Waals surface area contributed by atoms with Crippen molar-refractivity contribution in [2.75, 3.05) is 5.32 Å². The van der Waals surface area contributed by atoms with Crippen LogP contribution in [0.3, 0.4) is 0 Å². The third-order valence-corrected chi connectivity index (χ3v) is 5.37. The highest BCUT2D eigenvalue weighted by molar-refractivity contribution is 6.35. The number of rotatable bonds is 2. The highest BCUT2D eigenvalue weighted by Crippen LogP contribution is 2.39. The van der Waals surface area contributed by atoms with E-state index in [1.165, 1.54) is 0 Å². The van der Waals surface area contributed by atoms with Crippen LogP contribution in [0.15, 0.2) is 78.9 Å². The van der Waals surface area contributed by atoms with Crippen LogP contribution in [0.4, 0.5) is 5.95 Å². The van der Waals surface area contributed by atoms with Crippen molar-refractivity contribution in [2.24, 2.45) is 0 Å². The molecule has 0 amide bonds. The molecular formula is C22H15Cl2N3. The number of hydrogen-bond acceptors (Lipinski definition) is 2. The lowest BCUT2D eigenvalue weighted by Gasteiger charge is -2.27. The average Bonchev–Trinajstić information content (AvgIpc) is 3.07. The Morgan fingerprint density at radius 2 is 1.67 bits per heavy atom. The van der Waals surface area contributed by atoms with Gasteiger partial charge in [-0.1, -0.05) is 71.7 Å². The Morgan fingerprint density at radius 1 is 0.889 bits per heavy atom. The minimum absolute atomic E-state index is 0.0892. The Morgan fingerprint density at radius 3 is 2.48 bits per heavy atom. The van der Waals surface area contributed by atoms with Crippen LogP contribution in [0, 0.1) is 0 Å². The van der Waals surface area contributed by atoms with E-state index in [1.54, 1.807) is 6.07 Å². The maximum atomic E-state index is 6.57. The van der Waals surface area contributed by atoms with Gasteiger partial charge in [-0.25, -0.2) is 4.98 Å². The summed E-state index contributed by atoms with van der Waals surface area (Å²) in [5.74, 6) is 0.800. The van der Waals surface area contributed by atoms with E-state index in [1.807, 2.05) is 48.5 Å². The fourth-order valence-electron chi connectivity index (χ4n) is 3.57. The van der Waals surface area contributed by atoms with Gasteiger partial charge in [-0.3, -0.25) is 4.57 Å². The molecule has 1 atom stereocenters. The van der Waals surface area contributed by atoms with Gasteiger partial charge in [0.2, 0.25) is 5.95 Å². The monoisotopic (exact) mass is 391 g/mol. The van der Waals surface area contributed by atoms with E-state index in [0.717, 1.165) is 33.8 Å². The van der Waals surface area contributed by atoms with Crippen LogP contribution in [0.1, 0.15) is 17.2 Å². The van der Waals surface area contributed by atoms with E-state index in [4.69, 9.17) is 28.2 Å². The molecule has 2 heterocycles. The van der Waals surface area contributed by atoms with Crippen LogP contribution in [0.5, 0.6) is 0 Å². The van der Waals surface area contributed by atoms with E-state index in [2.05, 4.69) is 34.2 Å². The van der Waals surface area contributed by atoms with Crippen LogP contribution in [-0.4, -0.2) is 9.55 Å². The van der Waals surface area contributed by atoms with Gasteiger partial charge in [-0.15, -0.1) is 0 Å². The normalized spacial score (nSPS) is 15.9. The molecule has 3 nitrogen and oxygen atoms in total. The molecular weight excluding hydrogens is 377 g/mol. The third-order valence-electron chi connectivity index (χ3n) is 4.81. The number of benzene rings is 3. The van der Waals surface area contributed by atoms with Crippen LogP contribution >= 0.6 is 23.2 Å². The van der Waals surface area contributed by atoms with Crippen LogP contribution in [0.2, 0.25) is 10.0 Å². The summed E-state index contributed by atoms with van der Waals surface area (Å²) in [6.45, 7) is 0. The number of hydrogen-bond donors (Lipinski definition) is 1. The van der Waals surface area contributed by atoms with Crippen molar-refractivity contribution in [3.8, 4) is 0 Å². The van der Waals surface area contributed by atoms with Gasteiger partial charge in [-0.2, -0.15) is 0 Å². The van der Waals surface area contributed by atoms with Crippen molar-refractivity contribution in [2.45, 2.75) is 6.04 Å². The van der Waals surface area contributed by atoms with E-state index in [9.17, 15) is 0 Å². The van der Waals surface area contributed by atoms with Crippen molar-refractivity contribution in [1.29, 1.82) is 0 Å². The van der Waals surface area contributed by atoms with Crippen molar-refractivity contribution >= 4 is 45.9 Å². The van der Waals surface area contributed by atoms with Gasteiger partial charge in [0.25, 0.3) is 0 Å². The van der Waals surface area contributed by atoms with Crippen LogP contribution < -0.4 is 5.32 Å². The van der Waals surface area contributed by atoms with Crippen LogP contribution in [-0.2, 0) is 0 Å². The quantitative estimate of drug-likeness (QED) is 0.428. The predicted octanol–water partition coefficient (Wildman–Crippen LogP) is 6.40. The first-order chi connectivity index (χ1) is 13.2. The van der Waals surface area contributed by atoms with Gasteiger partial charge in [0, 0.05) is 15.7 Å². The minimum atomic E-state index is -0.0892. The minimum Gasteiger partial charge on any atom is -0.325 e. The molecule has 0 radical (unpaired) electrons. The molecule has 3 aromatic carbocycles. The van der Waals surface area contributed by atoms with E-state index in [0.29, 0.717) is 10.0 Å². The molecule has 4 aromatic rings. The van der Waals surface area contributed by atoms with E-state index < -0.39 is 0 Å². The molecule has 5 rings (SSSR count). The maximum absolute atomic E-state index is 6.57. The summed E-state index contributed by atoms with van der Waals surface area (Å²) in [6.07, 6.45) is 2.19. The van der Waals surface area contributed by atoms with Gasteiger partial charge in [0.1, 0.15) is 0 Å². The molecule has 0 bridgehead atoms. The number of halogens is 2. The van der Waals surface area contributed by atoms with Crippen molar-refractivity contribution < 1.29 is 0 Å². The number of fused-ring (bicyclic) bond motifs is 3. The lowest BCUT2D eigenvalue weighted by atomic mass is 10.0. The highest BCUT2D eigenvalue weighted by atomic mass is 35.5. The maximum Gasteiger partial charge on any atom is 0.209 e. The Labute approximate surface area is 166 Å². The van der Waals surface area contributed by atoms with E-state index in [-0.39, 0.29) is 6.04 Å². The molecule has 0 saturated heterocycles. The van der Waals surface area contributed by atoms with Gasteiger partial charge in [0.05, 0.1) is 17.1 Å². The summed E-state index contributed by atoms with van der Waals surface area (Å²) < 4.78 is 2.18. The van der Waals surface area contributed by atoms with Crippen molar-refractivity contribution in [3.05, 3.63) is 100 Å². The number of nitrogens with one attached hydrogen (secondary N) is 1. The summed E-state index contributed by atoms with van der Waals surface area (Å²) in [7, 11) is 0. The first-order valence-electron chi connectivity index (χ1n) is 8.67. The van der Waals surface area contributed by atoms with Crippen molar-refractivity contribution in [3.63, 3.8) is 0 Å². The van der Waals surface area contributed by atoms with E-state index >= 15 is 0 Å². The predicted molar refractivity (Wildman–Crippen MR) is 112 cm³/mol. The second-order valence-corrected chi connectivity index (χ2v) is 7.32. The summed E-state index contributed by atoms with van der Waals surface area (Å²) in [5.41, 5.74) is 5.10. The zero-order valence-electron chi connectivity index (χ0n) is 14.2. The number of allylic oxidation sites excluding steroid dienone is 1. The van der Waals surface area contributed by atoms with Gasteiger partial charge < -0.3 is 5.32 Å². The summed E-state index contributed by atoms with van der Waals surface area (Å²) in [4.78, 5) is 4.79. The van der Waals surface area contributed by atoms with Gasteiger partial charge in [-0.05, 0) is 41.5 Å². The number of aromatic nitrogens is 2. The topological polar surface area (TPSA) is 29.9 Å². The lowest BCUT2D eigenvalue weighted by molar-refractivity contribution is 0.720. The Bertz CT molecular complexity index is 1180. The third kappa shape index (κ3) is 2.80. The molecule has 5 heteroatoms. The molecule has 0 spiro atoms. The lowest BCUT2D eigenvalue weighted by Crippen LogP contribution is -2.19. The average molecular weight is 392 g/mol. The fraction of sp³-hybridized carbons (Fsp3) is 0.0455. The molecule has 0 fully saturated rings. The molecule has 27 heavy (non-hydrogen) atoms. The van der Waals surface area contributed by atoms with Gasteiger partial charge >= 0.3 is 0 Å². The molecule has 1 N–H and O–H groups in total. The van der Waals surface area contributed by atoms with Crippen LogP contribution in [0.25, 0.3) is 16.7 Å². The summed E-state index contributed by atoms with van der Waals surface area (Å²) in [5, 5.41) is 4.74. The molecule has 0 saturated carbocycles. The first-order valence-corrected chi connectivity index (χ1v) is 9.42. The Hall–Kier alpha value is -2.75. The first kappa shape index (κ1) is 16.4. The number of anilines is 1. The molecule has 1 aliphatic rings. The number of imidazole rings is 1. The second-order valence-electron chi connectivity index (χ2n) is 6.48. The zero-order valence-corrected chi connectivity index (χ0v) is 15.7. The number of nitrogens with zero attached hydrogens (tertiary/aromatic N) is 2. The summed E-state index contributed by atoms with van der Waals surface area (Å²) >= 11 is 12.7. The Balaban J connectivity index is 1.76. The summed E-state index contributed by atoms with van der Waals surface area (Å²) in [6, 6.07) is 23.9. The molecule has 0 aliphatic carbocycles. The second kappa shape index (κ2) is 6.45. The molecule has 1 aliphatic heterocycles. The van der Waals surface area contributed by atoms with Gasteiger partial charge in [0.15, 0.2) is 0 Å². The molecule has 0 unspecified atom stereocenters. The van der Waals surface area contributed by atoms with Crippen molar-refractivity contribution in [1.82, 2.24) is 9.55 Å². The SMILES string of the molecule is Clc1ccc([C@@H]2C=C(c3ccccc3)Nc3nc4ccccc4n32)c(Cl)c1. The fourth-order valence-corrected chi connectivity index (χ4v) is 4.09. The smallest absolute Gasteiger partial charge is 0.209 e. The molecule has 1 aromatic heterocycles.